The second-order valence-electron chi connectivity index (χ2n) is 4.51. The lowest BCUT2D eigenvalue weighted by Crippen LogP contribution is -1.98. The third-order valence-corrected chi connectivity index (χ3v) is 3.27. The van der Waals surface area contributed by atoms with Gasteiger partial charge < -0.3 is 10.3 Å². The summed E-state index contributed by atoms with van der Waals surface area (Å²) in [6.07, 6.45) is 0. The summed E-state index contributed by atoms with van der Waals surface area (Å²) >= 11 is 0. The van der Waals surface area contributed by atoms with Crippen molar-refractivity contribution in [2.24, 2.45) is 7.05 Å². The quantitative estimate of drug-likeness (QED) is 0.440. The second kappa shape index (κ2) is 4.34. The van der Waals surface area contributed by atoms with E-state index in [4.69, 9.17) is 5.73 Å². The second-order valence-corrected chi connectivity index (χ2v) is 4.51. The summed E-state index contributed by atoms with van der Waals surface area (Å²) in [6, 6.07) is 12.4. The maximum atomic E-state index is 11.0. The molecule has 6 heteroatoms. The Bertz CT molecular complexity index is 823. The molecule has 3 aromatic rings. The standard InChI is InChI=1S/C14H12N4O2/c1-17-12-5-3-2-4-11(12)16-14(17)9-6-7-10(15)13(8-9)18(19)20/h2-8H,15H2,1H3. The average Bonchev–Trinajstić information content (AvgIpc) is 2.77. The van der Waals surface area contributed by atoms with Gasteiger partial charge in [0.15, 0.2) is 0 Å². The SMILES string of the molecule is Cn1c(-c2ccc(N)c([N+](=O)[O-])c2)nc2ccccc21. The number of nitro groups is 1. The van der Waals surface area contributed by atoms with Crippen molar-refractivity contribution < 1.29 is 4.92 Å². The number of nitrogens with two attached hydrogens (primary N) is 1. The Morgan fingerprint density at radius 1 is 1.25 bits per heavy atom. The van der Waals surface area contributed by atoms with Crippen LogP contribution in [-0.2, 0) is 7.05 Å². The van der Waals surface area contributed by atoms with Gasteiger partial charge in [-0.3, -0.25) is 10.1 Å². The fraction of sp³-hybridized carbons (Fsp3) is 0.0714. The normalized spacial score (nSPS) is 10.8. The average molecular weight is 268 g/mol. The third-order valence-electron chi connectivity index (χ3n) is 3.27. The highest BCUT2D eigenvalue weighted by Crippen LogP contribution is 2.29. The van der Waals surface area contributed by atoms with Crippen LogP contribution in [0, 0.1) is 10.1 Å². The van der Waals surface area contributed by atoms with Crippen LogP contribution in [0.2, 0.25) is 0 Å². The van der Waals surface area contributed by atoms with Crippen molar-refractivity contribution in [3.63, 3.8) is 0 Å². The summed E-state index contributed by atoms with van der Waals surface area (Å²) < 4.78 is 1.91. The molecule has 0 bridgehead atoms. The molecule has 100 valence electrons. The van der Waals surface area contributed by atoms with Crippen molar-refractivity contribution in [2.45, 2.75) is 0 Å². The van der Waals surface area contributed by atoms with Gasteiger partial charge in [0.2, 0.25) is 0 Å². The van der Waals surface area contributed by atoms with E-state index in [1.165, 1.54) is 12.1 Å². The number of hydrogen-bond acceptors (Lipinski definition) is 4. The third kappa shape index (κ3) is 1.78. The molecule has 20 heavy (non-hydrogen) atoms. The first-order valence-electron chi connectivity index (χ1n) is 6.03. The predicted molar refractivity (Wildman–Crippen MR) is 77.2 cm³/mol. The maximum absolute atomic E-state index is 11.0. The first kappa shape index (κ1) is 12.2. The Hall–Kier alpha value is -2.89. The fourth-order valence-electron chi connectivity index (χ4n) is 2.24. The van der Waals surface area contributed by atoms with Crippen molar-refractivity contribution in [1.29, 1.82) is 0 Å². The van der Waals surface area contributed by atoms with Crippen molar-refractivity contribution in [3.05, 3.63) is 52.6 Å². The first-order valence-corrected chi connectivity index (χ1v) is 6.03. The van der Waals surface area contributed by atoms with Crippen LogP contribution in [0.5, 0.6) is 0 Å². The van der Waals surface area contributed by atoms with Crippen LogP contribution >= 0.6 is 0 Å². The molecule has 0 saturated heterocycles. The Labute approximate surface area is 114 Å². The zero-order valence-corrected chi connectivity index (χ0v) is 10.8. The minimum Gasteiger partial charge on any atom is -0.393 e. The van der Waals surface area contributed by atoms with Crippen LogP contribution in [-0.4, -0.2) is 14.5 Å². The summed E-state index contributed by atoms with van der Waals surface area (Å²) in [5, 5.41) is 11.0. The van der Waals surface area contributed by atoms with Gasteiger partial charge in [0.1, 0.15) is 11.5 Å². The summed E-state index contributed by atoms with van der Waals surface area (Å²) in [4.78, 5) is 15.0. The van der Waals surface area contributed by atoms with Crippen LogP contribution in [0.3, 0.4) is 0 Å². The number of rotatable bonds is 2. The maximum Gasteiger partial charge on any atom is 0.292 e. The summed E-state index contributed by atoms with van der Waals surface area (Å²) in [5.74, 6) is 0.675. The summed E-state index contributed by atoms with van der Waals surface area (Å²) in [7, 11) is 1.88. The van der Waals surface area contributed by atoms with Crippen LogP contribution in [0.15, 0.2) is 42.5 Å². The molecule has 1 heterocycles. The van der Waals surface area contributed by atoms with E-state index in [0.29, 0.717) is 11.4 Å². The molecule has 1 aromatic heterocycles. The van der Waals surface area contributed by atoms with Crippen molar-refractivity contribution in [3.8, 4) is 11.4 Å². The number of aryl methyl sites for hydroxylation is 1. The lowest BCUT2D eigenvalue weighted by atomic mass is 10.1. The minimum absolute atomic E-state index is 0.102. The number of hydrogen-bond donors (Lipinski definition) is 1. The molecular weight excluding hydrogens is 256 g/mol. The molecule has 0 amide bonds. The highest BCUT2D eigenvalue weighted by atomic mass is 16.6. The van der Waals surface area contributed by atoms with E-state index in [2.05, 4.69) is 4.98 Å². The number of para-hydroxylation sites is 2. The van der Waals surface area contributed by atoms with Gasteiger partial charge >= 0.3 is 0 Å². The molecule has 0 atom stereocenters. The molecule has 0 fully saturated rings. The van der Waals surface area contributed by atoms with Gasteiger partial charge in [-0.15, -0.1) is 0 Å². The van der Waals surface area contributed by atoms with Crippen LogP contribution in [0.4, 0.5) is 11.4 Å². The highest BCUT2D eigenvalue weighted by Gasteiger charge is 2.16. The van der Waals surface area contributed by atoms with E-state index in [0.717, 1.165) is 11.0 Å². The molecule has 0 saturated carbocycles. The van der Waals surface area contributed by atoms with E-state index in [9.17, 15) is 10.1 Å². The van der Waals surface area contributed by atoms with E-state index in [1.54, 1.807) is 6.07 Å². The Balaban J connectivity index is 2.23. The van der Waals surface area contributed by atoms with Gasteiger partial charge in [0, 0.05) is 18.7 Å². The lowest BCUT2D eigenvalue weighted by molar-refractivity contribution is -0.383. The largest absolute Gasteiger partial charge is 0.393 e. The number of nitro benzene ring substituents is 1. The molecular formula is C14H12N4O2. The molecule has 0 aliphatic carbocycles. The minimum atomic E-state index is -0.485. The molecule has 0 spiro atoms. The van der Waals surface area contributed by atoms with Crippen LogP contribution in [0.25, 0.3) is 22.4 Å². The number of aromatic nitrogens is 2. The smallest absolute Gasteiger partial charge is 0.292 e. The number of benzene rings is 2. The number of nitrogens with zero attached hydrogens (tertiary/aromatic N) is 3. The molecule has 0 radical (unpaired) electrons. The Kier molecular flexibility index (Phi) is 2.64. The molecule has 0 aliphatic rings. The number of imidazole rings is 1. The molecule has 6 nitrogen and oxygen atoms in total. The van der Waals surface area contributed by atoms with Gasteiger partial charge in [-0.25, -0.2) is 4.98 Å². The van der Waals surface area contributed by atoms with Crippen LogP contribution < -0.4 is 5.73 Å². The molecule has 2 N–H and O–H groups in total. The van der Waals surface area contributed by atoms with Crippen molar-refractivity contribution in [2.75, 3.05) is 5.73 Å². The Morgan fingerprint density at radius 2 is 2.00 bits per heavy atom. The predicted octanol–water partition coefficient (Wildman–Crippen LogP) is 2.73. The van der Waals surface area contributed by atoms with Crippen molar-refractivity contribution in [1.82, 2.24) is 9.55 Å². The summed E-state index contributed by atoms with van der Waals surface area (Å²) in [6.45, 7) is 0. The zero-order chi connectivity index (χ0) is 14.3. The number of nitrogen functional groups attached to an aromatic ring is 1. The monoisotopic (exact) mass is 268 g/mol. The Morgan fingerprint density at radius 3 is 2.70 bits per heavy atom. The van der Waals surface area contributed by atoms with Gasteiger partial charge in [0.05, 0.1) is 16.0 Å². The zero-order valence-electron chi connectivity index (χ0n) is 10.8. The highest BCUT2D eigenvalue weighted by molar-refractivity contribution is 5.81. The number of anilines is 1. The van der Waals surface area contributed by atoms with Gasteiger partial charge in [0.25, 0.3) is 5.69 Å². The van der Waals surface area contributed by atoms with E-state index < -0.39 is 4.92 Å². The van der Waals surface area contributed by atoms with E-state index >= 15 is 0 Å². The van der Waals surface area contributed by atoms with E-state index in [1.807, 2.05) is 35.9 Å². The molecule has 2 aromatic carbocycles. The lowest BCUT2D eigenvalue weighted by Gasteiger charge is -2.04. The number of fused-ring (bicyclic) bond motifs is 1. The molecule has 0 unspecified atom stereocenters. The summed E-state index contributed by atoms with van der Waals surface area (Å²) in [5.41, 5.74) is 8.16. The first-order chi connectivity index (χ1) is 9.58. The fourth-order valence-corrected chi connectivity index (χ4v) is 2.24. The van der Waals surface area contributed by atoms with Crippen LogP contribution in [0.1, 0.15) is 0 Å². The topological polar surface area (TPSA) is 87.0 Å². The molecule has 3 rings (SSSR count). The van der Waals surface area contributed by atoms with E-state index in [-0.39, 0.29) is 11.4 Å². The van der Waals surface area contributed by atoms with Gasteiger partial charge in [-0.05, 0) is 24.3 Å². The molecule has 0 aliphatic heterocycles. The van der Waals surface area contributed by atoms with Gasteiger partial charge in [-0.1, -0.05) is 12.1 Å². The van der Waals surface area contributed by atoms with Gasteiger partial charge in [-0.2, -0.15) is 0 Å². The van der Waals surface area contributed by atoms with Crippen molar-refractivity contribution >= 4 is 22.4 Å².